The third kappa shape index (κ3) is 5.17. The van der Waals surface area contributed by atoms with Crippen LogP contribution in [0.3, 0.4) is 0 Å². The standard InChI is InChI=1S/C21H19FN2O3S/c22-18-8-10-19(11-9-18)24-28(26,27)20-12-6-17(7-13-20)21(25)23-15-14-16-4-2-1-3-5-16/h1-13,24H,14-15H2,(H,23,25). The first-order valence-electron chi connectivity index (χ1n) is 8.65. The largest absolute Gasteiger partial charge is 0.352 e. The van der Waals surface area contributed by atoms with Gasteiger partial charge in [-0.05, 0) is 60.5 Å². The van der Waals surface area contributed by atoms with Crippen LogP contribution < -0.4 is 10.0 Å². The number of hydrogen-bond acceptors (Lipinski definition) is 3. The van der Waals surface area contributed by atoms with Crippen LogP contribution in [0.1, 0.15) is 15.9 Å². The van der Waals surface area contributed by atoms with Gasteiger partial charge in [0.2, 0.25) is 0 Å². The highest BCUT2D eigenvalue weighted by molar-refractivity contribution is 7.92. The van der Waals surface area contributed by atoms with Crippen molar-refractivity contribution < 1.29 is 17.6 Å². The highest BCUT2D eigenvalue weighted by Crippen LogP contribution is 2.17. The van der Waals surface area contributed by atoms with E-state index in [1.165, 1.54) is 48.5 Å². The number of rotatable bonds is 7. The summed E-state index contributed by atoms with van der Waals surface area (Å²) >= 11 is 0. The van der Waals surface area contributed by atoms with Crippen molar-refractivity contribution in [3.05, 3.63) is 95.8 Å². The van der Waals surface area contributed by atoms with E-state index in [1.807, 2.05) is 30.3 Å². The average Bonchev–Trinajstić information content (AvgIpc) is 2.70. The summed E-state index contributed by atoms with van der Waals surface area (Å²) in [4.78, 5) is 12.2. The van der Waals surface area contributed by atoms with Crippen molar-refractivity contribution in [1.29, 1.82) is 0 Å². The van der Waals surface area contributed by atoms with Gasteiger partial charge in [-0.2, -0.15) is 0 Å². The minimum atomic E-state index is -3.83. The zero-order valence-corrected chi connectivity index (χ0v) is 15.7. The molecule has 0 atom stereocenters. The van der Waals surface area contributed by atoms with Gasteiger partial charge in [0, 0.05) is 17.8 Å². The Hall–Kier alpha value is -3.19. The molecule has 28 heavy (non-hydrogen) atoms. The zero-order valence-electron chi connectivity index (χ0n) is 14.9. The summed E-state index contributed by atoms with van der Waals surface area (Å²) in [6.07, 6.45) is 0.709. The number of sulfonamides is 1. The fourth-order valence-corrected chi connectivity index (χ4v) is 3.64. The maximum absolute atomic E-state index is 12.9. The second kappa shape index (κ2) is 8.67. The summed E-state index contributed by atoms with van der Waals surface area (Å²) in [7, 11) is -3.83. The second-order valence-corrected chi connectivity index (χ2v) is 7.81. The molecule has 2 N–H and O–H groups in total. The van der Waals surface area contributed by atoms with Gasteiger partial charge in [-0.25, -0.2) is 12.8 Å². The van der Waals surface area contributed by atoms with E-state index in [-0.39, 0.29) is 16.5 Å². The van der Waals surface area contributed by atoms with Crippen LogP contribution in [0.4, 0.5) is 10.1 Å². The molecule has 0 heterocycles. The Bertz CT molecular complexity index is 1040. The van der Waals surface area contributed by atoms with Crippen LogP contribution in [0, 0.1) is 5.82 Å². The SMILES string of the molecule is O=C(NCCc1ccccc1)c1ccc(S(=O)(=O)Nc2ccc(F)cc2)cc1. The lowest BCUT2D eigenvalue weighted by Gasteiger charge is -2.09. The number of halogens is 1. The molecular weight excluding hydrogens is 379 g/mol. The second-order valence-electron chi connectivity index (χ2n) is 6.13. The molecule has 0 fully saturated rings. The molecule has 0 radical (unpaired) electrons. The zero-order chi connectivity index (χ0) is 20.0. The van der Waals surface area contributed by atoms with Gasteiger partial charge in [0.15, 0.2) is 0 Å². The molecule has 0 aliphatic rings. The van der Waals surface area contributed by atoms with Gasteiger partial charge in [0.25, 0.3) is 15.9 Å². The number of anilines is 1. The lowest BCUT2D eigenvalue weighted by Crippen LogP contribution is -2.25. The molecule has 0 bridgehead atoms. The molecule has 0 aliphatic carbocycles. The first kappa shape index (κ1) is 19.6. The molecule has 0 saturated heterocycles. The molecule has 3 rings (SSSR count). The van der Waals surface area contributed by atoms with E-state index in [2.05, 4.69) is 10.0 Å². The van der Waals surface area contributed by atoms with Crippen LogP contribution in [0.2, 0.25) is 0 Å². The predicted octanol–water partition coefficient (Wildman–Crippen LogP) is 3.60. The molecule has 0 spiro atoms. The topological polar surface area (TPSA) is 75.3 Å². The average molecular weight is 398 g/mol. The monoisotopic (exact) mass is 398 g/mol. The summed E-state index contributed by atoms with van der Waals surface area (Å²) in [6.45, 7) is 0.481. The van der Waals surface area contributed by atoms with Crippen molar-refractivity contribution in [2.24, 2.45) is 0 Å². The summed E-state index contributed by atoms with van der Waals surface area (Å²) in [5, 5.41) is 2.81. The Morgan fingerprint density at radius 1 is 0.857 bits per heavy atom. The molecular formula is C21H19FN2O3S. The molecule has 0 unspecified atom stereocenters. The minimum Gasteiger partial charge on any atom is -0.352 e. The lowest BCUT2D eigenvalue weighted by molar-refractivity contribution is 0.0954. The van der Waals surface area contributed by atoms with Gasteiger partial charge < -0.3 is 5.32 Å². The van der Waals surface area contributed by atoms with E-state index < -0.39 is 15.8 Å². The number of benzene rings is 3. The molecule has 1 amide bonds. The normalized spacial score (nSPS) is 11.0. The van der Waals surface area contributed by atoms with Crippen molar-refractivity contribution in [3.63, 3.8) is 0 Å². The van der Waals surface area contributed by atoms with E-state index >= 15 is 0 Å². The molecule has 7 heteroatoms. The van der Waals surface area contributed by atoms with Crippen LogP contribution >= 0.6 is 0 Å². The number of carbonyl (C=O) groups is 1. The Kier molecular flexibility index (Phi) is 6.06. The summed E-state index contributed by atoms with van der Waals surface area (Å²) in [5.74, 6) is -0.725. The lowest BCUT2D eigenvalue weighted by atomic mass is 10.1. The summed E-state index contributed by atoms with van der Waals surface area (Å²) in [5.41, 5.74) is 1.74. The van der Waals surface area contributed by atoms with Crippen molar-refractivity contribution in [3.8, 4) is 0 Å². The van der Waals surface area contributed by atoms with E-state index in [1.54, 1.807) is 0 Å². The van der Waals surface area contributed by atoms with Gasteiger partial charge in [-0.3, -0.25) is 9.52 Å². The van der Waals surface area contributed by atoms with Crippen molar-refractivity contribution in [1.82, 2.24) is 5.32 Å². The van der Waals surface area contributed by atoms with E-state index in [4.69, 9.17) is 0 Å². The number of hydrogen-bond donors (Lipinski definition) is 2. The van der Waals surface area contributed by atoms with Crippen molar-refractivity contribution in [2.75, 3.05) is 11.3 Å². The molecule has 0 aromatic heterocycles. The number of carbonyl (C=O) groups excluding carboxylic acids is 1. The number of amides is 1. The van der Waals surface area contributed by atoms with Crippen molar-refractivity contribution >= 4 is 21.6 Å². The van der Waals surface area contributed by atoms with E-state index in [9.17, 15) is 17.6 Å². The van der Waals surface area contributed by atoms with Crippen molar-refractivity contribution in [2.45, 2.75) is 11.3 Å². The highest BCUT2D eigenvalue weighted by atomic mass is 32.2. The number of nitrogens with one attached hydrogen (secondary N) is 2. The quantitative estimate of drug-likeness (QED) is 0.639. The van der Waals surface area contributed by atoms with Crippen LogP contribution in [-0.4, -0.2) is 20.9 Å². The maximum atomic E-state index is 12.9. The van der Waals surface area contributed by atoms with Gasteiger partial charge in [-0.15, -0.1) is 0 Å². The van der Waals surface area contributed by atoms with Gasteiger partial charge >= 0.3 is 0 Å². The highest BCUT2D eigenvalue weighted by Gasteiger charge is 2.15. The van der Waals surface area contributed by atoms with E-state index in [0.29, 0.717) is 18.5 Å². The first-order chi connectivity index (χ1) is 13.4. The Balaban J connectivity index is 1.60. The fraction of sp³-hybridized carbons (Fsp3) is 0.0952. The third-order valence-electron chi connectivity index (χ3n) is 4.07. The molecule has 3 aromatic carbocycles. The van der Waals surface area contributed by atoms with Crippen LogP contribution in [0.15, 0.2) is 83.8 Å². The fourth-order valence-electron chi connectivity index (χ4n) is 2.58. The molecule has 144 valence electrons. The smallest absolute Gasteiger partial charge is 0.261 e. The Labute approximate surface area is 163 Å². The molecule has 3 aromatic rings. The first-order valence-corrected chi connectivity index (χ1v) is 10.1. The van der Waals surface area contributed by atoms with Gasteiger partial charge in [0.1, 0.15) is 5.82 Å². The molecule has 5 nitrogen and oxygen atoms in total. The molecule has 0 aliphatic heterocycles. The van der Waals surface area contributed by atoms with Crippen LogP contribution in [0.25, 0.3) is 0 Å². The third-order valence-corrected chi connectivity index (χ3v) is 5.46. The van der Waals surface area contributed by atoms with Crippen LogP contribution in [0.5, 0.6) is 0 Å². The van der Waals surface area contributed by atoms with Gasteiger partial charge in [-0.1, -0.05) is 30.3 Å². The minimum absolute atomic E-state index is 0.0117. The van der Waals surface area contributed by atoms with Gasteiger partial charge in [0.05, 0.1) is 4.90 Å². The molecule has 0 saturated carbocycles. The summed E-state index contributed by atoms with van der Waals surface area (Å²) in [6, 6.07) is 20.4. The van der Waals surface area contributed by atoms with E-state index in [0.717, 1.165) is 5.56 Å². The Morgan fingerprint density at radius 2 is 1.50 bits per heavy atom. The maximum Gasteiger partial charge on any atom is 0.261 e. The summed E-state index contributed by atoms with van der Waals surface area (Å²) < 4.78 is 40.1. The predicted molar refractivity (Wildman–Crippen MR) is 106 cm³/mol. The Morgan fingerprint density at radius 3 is 2.14 bits per heavy atom. The van der Waals surface area contributed by atoms with Crippen LogP contribution in [-0.2, 0) is 16.4 Å².